The van der Waals surface area contributed by atoms with Gasteiger partial charge in [-0.05, 0) is 72.3 Å². The Morgan fingerprint density at radius 3 is 1.73 bits per heavy atom. The van der Waals surface area contributed by atoms with Crippen LogP contribution in [0.4, 0.5) is 0 Å². The minimum atomic E-state index is -0.0592. The van der Waals surface area contributed by atoms with Gasteiger partial charge in [0.05, 0.1) is 16.9 Å². The van der Waals surface area contributed by atoms with Gasteiger partial charge in [-0.15, -0.1) is 0 Å². The fraction of sp³-hybridized carbons (Fsp3) is 0.481. The maximum absolute atomic E-state index is 13.5. The number of aryl methyl sites for hydroxylation is 2. The number of rotatable bonds is 8. The highest BCUT2D eigenvalue weighted by Crippen LogP contribution is 3.10. The van der Waals surface area contributed by atoms with E-state index in [2.05, 4.69) is 72.0 Å². The summed E-state index contributed by atoms with van der Waals surface area (Å²) >= 11 is 0. The van der Waals surface area contributed by atoms with Crippen LogP contribution in [-0.2, 0) is 17.6 Å². The van der Waals surface area contributed by atoms with E-state index >= 15 is 0 Å². The quantitative estimate of drug-likeness (QED) is 0.736. The molecule has 150 valence electrons. The molecule has 1 N–H and O–H groups in total. The second-order valence-electron chi connectivity index (χ2n) is 10.4. The number of hydrogen-bond acceptors (Lipinski definition) is 2. The minimum absolute atomic E-state index is 0.0298. The van der Waals surface area contributed by atoms with Gasteiger partial charge in [0.2, 0.25) is 5.91 Å². The number of carbonyl (C=O) groups is 1. The smallest absolute Gasteiger partial charge is 0.227 e. The first kappa shape index (κ1) is 17.1. The Hall–Kier alpha value is -2.60. The van der Waals surface area contributed by atoms with Crippen LogP contribution in [0.15, 0.2) is 60.7 Å². The molecule has 30 heavy (non-hydrogen) atoms. The highest BCUT2D eigenvalue weighted by Gasteiger charge is 3.12. The summed E-state index contributed by atoms with van der Waals surface area (Å²) in [6.45, 7) is 0. The molecule has 0 spiro atoms. The number of carbonyl (C=O) groups excluding carboxylic acids is 1. The standard InChI is InChI=1S/C27H26N2O/c28-15-26-19-22-20(26)24-21(26)23(19)27(22,24)25(30)29-18(13-11-16-7-3-1-4-8-16)14-12-17-9-5-2-6-10-17/h1-10,18-24H,11-14H2,(H,29,30). The third kappa shape index (κ3) is 1.63. The number of benzene rings is 2. The van der Waals surface area contributed by atoms with E-state index in [0.717, 1.165) is 25.7 Å². The van der Waals surface area contributed by atoms with Crippen LogP contribution in [0.1, 0.15) is 24.0 Å². The fourth-order valence-corrected chi connectivity index (χ4v) is 8.78. The van der Waals surface area contributed by atoms with Gasteiger partial charge in [0, 0.05) is 6.04 Å². The lowest BCUT2D eigenvalue weighted by Crippen LogP contribution is -3.11. The fourth-order valence-electron chi connectivity index (χ4n) is 8.78. The zero-order valence-corrected chi connectivity index (χ0v) is 17.0. The lowest BCUT2D eigenvalue weighted by atomic mass is 8.92. The number of nitrogens with one attached hydrogen (secondary N) is 1. The summed E-state index contributed by atoms with van der Waals surface area (Å²) in [6.07, 6.45) is 3.96. The molecule has 6 saturated carbocycles. The lowest BCUT2D eigenvalue weighted by Gasteiger charge is -3.08. The summed E-state index contributed by atoms with van der Waals surface area (Å²) in [5, 5.41) is 13.1. The second-order valence-corrected chi connectivity index (χ2v) is 10.4. The molecule has 0 unspecified atom stereocenters. The van der Waals surface area contributed by atoms with Crippen LogP contribution in [0.5, 0.6) is 0 Å². The van der Waals surface area contributed by atoms with E-state index in [4.69, 9.17) is 0 Å². The molecule has 8 rings (SSSR count). The molecule has 1 amide bonds. The Kier molecular flexibility index (Phi) is 3.17. The molecule has 6 fully saturated rings. The van der Waals surface area contributed by atoms with Crippen LogP contribution in [0.25, 0.3) is 0 Å². The van der Waals surface area contributed by atoms with Crippen LogP contribution in [0.3, 0.4) is 0 Å². The van der Waals surface area contributed by atoms with Crippen molar-refractivity contribution >= 4 is 5.91 Å². The van der Waals surface area contributed by atoms with E-state index in [1.807, 2.05) is 0 Å². The summed E-state index contributed by atoms with van der Waals surface area (Å²) in [5.41, 5.74) is 2.64. The molecule has 2 aromatic rings. The monoisotopic (exact) mass is 394 g/mol. The van der Waals surface area contributed by atoms with E-state index in [9.17, 15) is 10.1 Å². The molecule has 6 aliphatic carbocycles. The van der Waals surface area contributed by atoms with Gasteiger partial charge < -0.3 is 5.32 Å². The molecular formula is C27H26N2O. The third-order valence-corrected chi connectivity index (χ3v) is 9.80. The van der Waals surface area contributed by atoms with Crippen molar-refractivity contribution in [2.75, 3.05) is 0 Å². The van der Waals surface area contributed by atoms with E-state index < -0.39 is 0 Å². The molecule has 0 bridgehead atoms. The Labute approximate surface area is 177 Å². The predicted molar refractivity (Wildman–Crippen MR) is 113 cm³/mol. The Bertz CT molecular complexity index is 972. The molecule has 0 aliphatic heterocycles. The molecule has 0 heterocycles. The Morgan fingerprint density at radius 2 is 1.30 bits per heavy atom. The van der Waals surface area contributed by atoms with Crippen molar-refractivity contribution in [3.8, 4) is 6.07 Å². The Morgan fingerprint density at radius 1 is 0.833 bits per heavy atom. The number of amides is 1. The molecule has 0 aromatic heterocycles. The van der Waals surface area contributed by atoms with Crippen molar-refractivity contribution in [2.45, 2.75) is 31.7 Å². The molecule has 2 aromatic carbocycles. The first-order chi connectivity index (χ1) is 14.7. The summed E-state index contributed by atoms with van der Waals surface area (Å²) in [5.74, 6) is 3.66. The topological polar surface area (TPSA) is 52.9 Å². The van der Waals surface area contributed by atoms with Gasteiger partial charge in [-0.25, -0.2) is 0 Å². The number of hydrogen-bond donors (Lipinski definition) is 1. The summed E-state index contributed by atoms with van der Waals surface area (Å²) < 4.78 is 0. The first-order valence-corrected chi connectivity index (χ1v) is 11.5. The van der Waals surface area contributed by atoms with Gasteiger partial charge in [-0.3, -0.25) is 4.79 Å². The van der Waals surface area contributed by atoms with Gasteiger partial charge in [0.1, 0.15) is 0 Å². The van der Waals surface area contributed by atoms with Crippen molar-refractivity contribution in [3.05, 3.63) is 71.8 Å². The predicted octanol–water partition coefficient (Wildman–Crippen LogP) is 4.00. The molecular weight excluding hydrogens is 368 g/mol. The normalized spacial score (nSPS) is 41.9. The van der Waals surface area contributed by atoms with Gasteiger partial charge in [0.25, 0.3) is 0 Å². The zero-order chi connectivity index (χ0) is 20.1. The van der Waals surface area contributed by atoms with Crippen molar-refractivity contribution in [3.63, 3.8) is 0 Å². The maximum Gasteiger partial charge on any atom is 0.227 e. The van der Waals surface area contributed by atoms with E-state index in [1.165, 1.54) is 11.1 Å². The van der Waals surface area contributed by atoms with Crippen molar-refractivity contribution < 1.29 is 4.79 Å². The van der Waals surface area contributed by atoms with Crippen LogP contribution in [-0.4, -0.2) is 11.9 Å². The molecule has 0 radical (unpaired) electrons. The van der Waals surface area contributed by atoms with Crippen LogP contribution < -0.4 is 5.32 Å². The molecule has 3 heteroatoms. The number of nitrogens with zero attached hydrogens (tertiary/aromatic N) is 1. The summed E-state index contributed by atoms with van der Waals surface area (Å²) in [4.78, 5) is 13.5. The van der Waals surface area contributed by atoms with E-state index in [-0.39, 0.29) is 16.9 Å². The van der Waals surface area contributed by atoms with Crippen LogP contribution in [0.2, 0.25) is 0 Å². The van der Waals surface area contributed by atoms with Crippen LogP contribution in [0, 0.1) is 57.7 Å². The first-order valence-electron chi connectivity index (χ1n) is 11.5. The molecule has 3 nitrogen and oxygen atoms in total. The van der Waals surface area contributed by atoms with Crippen LogP contribution >= 0.6 is 0 Å². The average molecular weight is 395 g/mol. The third-order valence-electron chi connectivity index (χ3n) is 9.80. The average Bonchev–Trinajstić information content (AvgIpc) is 2.81. The largest absolute Gasteiger partial charge is 0.353 e. The zero-order valence-electron chi connectivity index (χ0n) is 17.0. The molecule has 0 saturated heterocycles. The van der Waals surface area contributed by atoms with Gasteiger partial charge in [-0.2, -0.15) is 5.26 Å². The maximum atomic E-state index is 13.5. The van der Waals surface area contributed by atoms with Crippen molar-refractivity contribution in [1.82, 2.24) is 5.32 Å². The van der Waals surface area contributed by atoms with E-state index in [0.29, 0.717) is 41.4 Å². The lowest BCUT2D eigenvalue weighted by molar-refractivity contribution is -0.624. The SMILES string of the molecule is N#CC12C3C4C1C1C2C3C41C(=O)NC(CCc1ccccc1)CCc1ccccc1. The molecule has 6 aliphatic rings. The van der Waals surface area contributed by atoms with Crippen molar-refractivity contribution in [1.29, 1.82) is 5.26 Å². The number of nitriles is 1. The highest BCUT2D eigenvalue weighted by molar-refractivity contribution is 5.93. The minimum Gasteiger partial charge on any atom is -0.353 e. The highest BCUT2D eigenvalue weighted by atomic mass is 16.2. The summed E-state index contributed by atoms with van der Waals surface area (Å²) in [7, 11) is 0. The van der Waals surface area contributed by atoms with Crippen molar-refractivity contribution in [2.24, 2.45) is 46.3 Å². The van der Waals surface area contributed by atoms with E-state index in [1.54, 1.807) is 0 Å². The van der Waals surface area contributed by atoms with Gasteiger partial charge >= 0.3 is 0 Å². The summed E-state index contributed by atoms with van der Waals surface area (Å²) in [6, 6.07) is 24.0. The Balaban J connectivity index is 1.05. The molecule has 0 atom stereocenters. The van der Waals surface area contributed by atoms with Gasteiger partial charge in [-0.1, -0.05) is 60.7 Å². The second kappa shape index (κ2) is 5.55. The van der Waals surface area contributed by atoms with Gasteiger partial charge in [0.15, 0.2) is 0 Å².